The second kappa shape index (κ2) is 9.85. The second-order valence-corrected chi connectivity index (χ2v) is 11.9. The van der Waals surface area contributed by atoms with Crippen molar-refractivity contribution in [1.29, 1.82) is 0 Å². The van der Waals surface area contributed by atoms with Crippen LogP contribution in [0.3, 0.4) is 0 Å². The number of anilines is 1. The second-order valence-electron chi connectivity index (χ2n) is 9.19. The summed E-state index contributed by atoms with van der Waals surface area (Å²) in [5.74, 6) is 0.757. The van der Waals surface area contributed by atoms with Gasteiger partial charge in [-0.1, -0.05) is 42.5 Å². The van der Waals surface area contributed by atoms with Crippen LogP contribution in [-0.4, -0.2) is 45.4 Å². The summed E-state index contributed by atoms with van der Waals surface area (Å²) in [6, 6.07) is 19.0. The SMILES string of the molecule is O=S(=O)(c1cccc2ccccc12)N1CCCC(c2cc(NCc3cccnc3)n3ncc(Br)c3n2)C1. The summed E-state index contributed by atoms with van der Waals surface area (Å²) < 4.78 is 31.8. The van der Waals surface area contributed by atoms with Gasteiger partial charge in [-0.25, -0.2) is 13.4 Å². The van der Waals surface area contributed by atoms with E-state index in [1.807, 2.05) is 60.8 Å². The highest BCUT2D eigenvalue weighted by atomic mass is 79.9. The molecule has 0 aliphatic carbocycles. The average molecular weight is 578 g/mol. The largest absolute Gasteiger partial charge is 0.366 e. The molecule has 0 saturated carbocycles. The third-order valence-electron chi connectivity index (χ3n) is 6.81. The van der Waals surface area contributed by atoms with Crippen LogP contribution in [0.25, 0.3) is 16.4 Å². The van der Waals surface area contributed by atoms with Crippen LogP contribution in [0.15, 0.2) is 88.6 Å². The van der Waals surface area contributed by atoms with E-state index in [4.69, 9.17) is 4.98 Å². The Morgan fingerprint density at radius 1 is 1.05 bits per heavy atom. The Kier molecular flexibility index (Phi) is 6.39. The molecule has 188 valence electrons. The maximum Gasteiger partial charge on any atom is 0.243 e. The van der Waals surface area contributed by atoms with Crippen molar-refractivity contribution < 1.29 is 8.42 Å². The zero-order chi connectivity index (χ0) is 25.4. The van der Waals surface area contributed by atoms with Crippen LogP contribution in [0, 0.1) is 0 Å². The molecule has 6 rings (SSSR count). The number of hydrogen-bond donors (Lipinski definition) is 1. The molecule has 1 atom stereocenters. The number of pyridine rings is 1. The van der Waals surface area contributed by atoms with Crippen molar-refractivity contribution in [3.05, 3.63) is 95.0 Å². The Bertz CT molecular complexity index is 1680. The van der Waals surface area contributed by atoms with Crippen LogP contribution < -0.4 is 5.32 Å². The predicted molar refractivity (Wildman–Crippen MR) is 147 cm³/mol. The molecule has 1 fully saturated rings. The lowest BCUT2D eigenvalue weighted by Gasteiger charge is -2.32. The van der Waals surface area contributed by atoms with Gasteiger partial charge in [0.1, 0.15) is 5.82 Å². The highest BCUT2D eigenvalue weighted by Gasteiger charge is 2.33. The molecule has 8 nitrogen and oxygen atoms in total. The van der Waals surface area contributed by atoms with Gasteiger partial charge in [0.2, 0.25) is 10.0 Å². The Morgan fingerprint density at radius 2 is 1.92 bits per heavy atom. The van der Waals surface area contributed by atoms with Gasteiger partial charge in [-0.2, -0.15) is 13.9 Å². The number of piperidine rings is 1. The fraction of sp³-hybridized carbons (Fsp3) is 0.222. The number of aromatic nitrogens is 4. The lowest BCUT2D eigenvalue weighted by Crippen LogP contribution is -2.39. The molecule has 0 spiro atoms. The molecular weight excluding hydrogens is 552 g/mol. The highest BCUT2D eigenvalue weighted by molar-refractivity contribution is 9.10. The molecular formula is C27H25BrN6O2S. The smallest absolute Gasteiger partial charge is 0.243 e. The zero-order valence-electron chi connectivity index (χ0n) is 20.0. The van der Waals surface area contributed by atoms with E-state index in [-0.39, 0.29) is 5.92 Å². The van der Waals surface area contributed by atoms with Crippen LogP contribution in [0.4, 0.5) is 5.82 Å². The molecule has 4 heterocycles. The lowest BCUT2D eigenvalue weighted by molar-refractivity contribution is 0.313. The minimum atomic E-state index is -3.67. The maximum absolute atomic E-state index is 13.8. The quantitative estimate of drug-likeness (QED) is 0.298. The molecule has 3 aromatic heterocycles. The van der Waals surface area contributed by atoms with Crippen molar-refractivity contribution in [3.8, 4) is 0 Å². The Labute approximate surface area is 223 Å². The first-order chi connectivity index (χ1) is 18.0. The molecule has 0 amide bonds. The van der Waals surface area contributed by atoms with E-state index in [1.54, 1.807) is 27.3 Å². The highest BCUT2D eigenvalue weighted by Crippen LogP contribution is 2.33. The van der Waals surface area contributed by atoms with Crippen LogP contribution >= 0.6 is 15.9 Å². The summed E-state index contributed by atoms with van der Waals surface area (Å²) in [7, 11) is -3.67. The van der Waals surface area contributed by atoms with Crippen LogP contribution in [0.1, 0.15) is 30.0 Å². The Hall–Kier alpha value is -3.34. The van der Waals surface area contributed by atoms with E-state index in [1.165, 1.54) is 0 Å². The molecule has 1 unspecified atom stereocenters. The summed E-state index contributed by atoms with van der Waals surface area (Å²) in [4.78, 5) is 9.43. The molecule has 5 aromatic rings. The van der Waals surface area contributed by atoms with Crippen molar-refractivity contribution in [2.45, 2.75) is 30.2 Å². The summed E-state index contributed by atoms with van der Waals surface area (Å²) in [6.45, 7) is 1.45. The van der Waals surface area contributed by atoms with Gasteiger partial charge in [0, 0.05) is 49.4 Å². The monoisotopic (exact) mass is 576 g/mol. The third-order valence-corrected chi connectivity index (χ3v) is 9.30. The van der Waals surface area contributed by atoms with E-state index in [0.717, 1.165) is 45.2 Å². The van der Waals surface area contributed by atoms with Gasteiger partial charge in [0.25, 0.3) is 0 Å². The van der Waals surface area contributed by atoms with Gasteiger partial charge in [0.05, 0.1) is 21.3 Å². The van der Waals surface area contributed by atoms with Gasteiger partial charge < -0.3 is 5.32 Å². The number of benzene rings is 2. The van der Waals surface area contributed by atoms with Gasteiger partial charge in [-0.15, -0.1) is 0 Å². The summed E-state index contributed by atoms with van der Waals surface area (Å²) in [6.07, 6.45) is 6.92. The summed E-state index contributed by atoms with van der Waals surface area (Å²) in [5, 5.41) is 9.58. The Balaban J connectivity index is 1.32. The molecule has 0 bridgehead atoms. The number of nitrogens with zero attached hydrogens (tertiary/aromatic N) is 5. The molecule has 1 N–H and O–H groups in total. The number of fused-ring (bicyclic) bond motifs is 2. The van der Waals surface area contributed by atoms with Gasteiger partial charge in [-0.3, -0.25) is 4.98 Å². The fourth-order valence-corrected chi connectivity index (χ4v) is 7.03. The molecule has 1 aliphatic heterocycles. The van der Waals surface area contributed by atoms with Gasteiger partial charge in [-0.05, 0) is 51.9 Å². The average Bonchev–Trinajstić information content (AvgIpc) is 3.32. The van der Waals surface area contributed by atoms with Gasteiger partial charge in [0.15, 0.2) is 5.65 Å². The normalized spacial score (nSPS) is 16.8. The van der Waals surface area contributed by atoms with Crippen molar-refractivity contribution in [2.75, 3.05) is 18.4 Å². The zero-order valence-corrected chi connectivity index (χ0v) is 22.4. The third kappa shape index (κ3) is 4.60. The number of rotatable bonds is 6. The number of halogens is 1. The molecule has 0 radical (unpaired) electrons. The van der Waals surface area contributed by atoms with Crippen molar-refractivity contribution >= 4 is 48.2 Å². The first-order valence-electron chi connectivity index (χ1n) is 12.2. The topological polar surface area (TPSA) is 92.5 Å². The van der Waals surface area contributed by atoms with Crippen molar-refractivity contribution in [1.82, 2.24) is 23.9 Å². The fourth-order valence-electron chi connectivity index (χ4n) is 4.95. The number of sulfonamides is 1. The molecule has 1 saturated heterocycles. The molecule has 1 aliphatic rings. The van der Waals surface area contributed by atoms with E-state index in [2.05, 4.69) is 31.3 Å². The number of nitrogens with one attached hydrogen (secondary N) is 1. The summed E-state index contributed by atoms with van der Waals surface area (Å²) in [5.41, 5.74) is 2.59. The minimum absolute atomic E-state index is 0.0377. The van der Waals surface area contributed by atoms with Crippen molar-refractivity contribution in [3.63, 3.8) is 0 Å². The minimum Gasteiger partial charge on any atom is -0.366 e. The van der Waals surface area contributed by atoms with Gasteiger partial charge >= 0.3 is 0 Å². The Morgan fingerprint density at radius 3 is 2.78 bits per heavy atom. The summed E-state index contributed by atoms with van der Waals surface area (Å²) >= 11 is 3.56. The molecule has 37 heavy (non-hydrogen) atoms. The van der Waals surface area contributed by atoms with E-state index < -0.39 is 10.0 Å². The first-order valence-corrected chi connectivity index (χ1v) is 14.4. The number of hydrogen-bond acceptors (Lipinski definition) is 6. The molecule has 10 heteroatoms. The standard InChI is InChI=1S/C27H25BrN6O2S/c28-23-17-31-34-26(30-16-19-6-4-12-29-15-19)14-24(32-27(23)34)21-9-5-13-33(18-21)37(35,36)25-11-3-8-20-7-1-2-10-22(20)25/h1-4,6-8,10-12,14-15,17,21,30H,5,9,13,16,18H2. The lowest BCUT2D eigenvalue weighted by atomic mass is 9.96. The first kappa shape index (κ1) is 24.0. The maximum atomic E-state index is 13.8. The van der Waals surface area contributed by atoms with Crippen LogP contribution in [-0.2, 0) is 16.6 Å². The van der Waals surface area contributed by atoms with E-state index in [0.29, 0.717) is 30.2 Å². The van der Waals surface area contributed by atoms with Crippen molar-refractivity contribution in [2.24, 2.45) is 0 Å². The van der Waals surface area contributed by atoms with Crippen LogP contribution in [0.2, 0.25) is 0 Å². The van der Waals surface area contributed by atoms with E-state index >= 15 is 0 Å². The molecule has 2 aromatic carbocycles. The van der Waals surface area contributed by atoms with Crippen LogP contribution in [0.5, 0.6) is 0 Å². The predicted octanol–water partition coefficient (Wildman–Crippen LogP) is 5.22. The van der Waals surface area contributed by atoms with E-state index in [9.17, 15) is 8.42 Å².